The fourth-order valence-electron chi connectivity index (χ4n) is 2.55. The summed E-state index contributed by atoms with van der Waals surface area (Å²) in [4.78, 5) is 20.2. The lowest BCUT2D eigenvalue weighted by molar-refractivity contribution is -0.139. The van der Waals surface area contributed by atoms with Crippen molar-refractivity contribution < 1.29 is 19.5 Å². The van der Waals surface area contributed by atoms with Crippen LogP contribution >= 0.6 is 0 Å². The number of pyridine rings is 1. The fourth-order valence-corrected chi connectivity index (χ4v) is 2.55. The van der Waals surface area contributed by atoms with Gasteiger partial charge in [-0.3, -0.25) is 4.98 Å². The number of hydrogen-bond acceptors (Lipinski definition) is 5. The van der Waals surface area contributed by atoms with Crippen molar-refractivity contribution in [2.75, 3.05) is 13.2 Å². The van der Waals surface area contributed by atoms with Crippen molar-refractivity contribution in [2.24, 2.45) is 5.16 Å². The van der Waals surface area contributed by atoms with Crippen molar-refractivity contribution >= 4 is 17.8 Å². The molecule has 0 atom stereocenters. The molecule has 0 aliphatic carbocycles. The maximum absolute atomic E-state index is 10.6. The first-order valence-corrected chi connectivity index (χ1v) is 8.99. The van der Waals surface area contributed by atoms with Gasteiger partial charge in [0.05, 0.1) is 0 Å². The molecule has 0 bridgehead atoms. The number of ether oxygens (including phenoxy) is 1. The summed E-state index contributed by atoms with van der Waals surface area (Å²) in [5, 5.41) is 13.0. The molecule has 0 aliphatic heterocycles. The standard InChI is InChI=1S/C23H20N2O4/c26-22(27)17-28-21-12-4-7-18(15-21)8-6-14-29-25-23(19-9-2-1-3-10-19)20-11-5-13-24-16-20/h1-13,15-16H,14,17H2,(H,26,27)/b8-6+,25-23-. The molecule has 1 N–H and O–H groups in total. The molecule has 146 valence electrons. The van der Waals surface area contributed by atoms with Crippen LogP contribution in [0.5, 0.6) is 5.75 Å². The minimum absolute atomic E-state index is 0.275. The number of carbonyl (C=O) groups is 1. The topological polar surface area (TPSA) is 81.0 Å². The van der Waals surface area contributed by atoms with Gasteiger partial charge < -0.3 is 14.7 Å². The number of hydrogen-bond donors (Lipinski definition) is 1. The summed E-state index contributed by atoms with van der Waals surface area (Å²) in [7, 11) is 0. The molecule has 0 aliphatic rings. The summed E-state index contributed by atoms with van der Waals surface area (Å²) in [5.74, 6) is -0.517. The van der Waals surface area contributed by atoms with E-state index in [2.05, 4.69) is 10.1 Å². The second-order valence-electron chi connectivity index (χ2n) is 6.00. The van der Waals surface area contributed by atoms with Gasteiger partial charge in [0.25, 0.3) is 0 Å². The molecule has 0 unspecified atom stereocenters. The highest BCUT2D eigenvalue weighted by atomic mass is 16.6. The first-order chi connectivity index (χ1) is 14.2. The second kappa shape index (κ2) is 10.4. The van der Waals surface area contributed by atoms with E-state index in [0.29, 0.717) is 11.5 Å². The monoisotopic (exact) mass is 388 g/mol. The van der Waals surface area contributed by atoms with E-state index in [-0.39, 0.29) is 13.2 Å². The van der Waals surface area contributed by atoms with Gasteiger partial charge in [0.1, 0.15) is 18.1 Å². The Hall–Kier alpha value is -3.93. The lowest BCUT2D eigenvalue weighted by Gasteiger charge is -2.06. The molecule has 3 rings (SSSR count). The predicted octanol–water partition coefficient (Wildman–Crippen LogP) is 4.03. The third-order valence-electron chi connectivity index (χ3n) is 3.84. The highest BCUT2D eigenvalue weighted by Gasteiger charge is 2.07. The van der Waals surface area contributed by atoms with Crippen molar-refractivity contribution in [1.29, 1.82) is 0 Å². The van der Waals surface area contributed by atoms with Crippen LogP contribution in [0.2, 0.25) is 0 Å². The molecule has 0 spiro atoms. The number of carboxylic acids is 1. The third kappa shape index (κ3) is 6.32. The minimum Gasteiger partial charge on any atom is -0.482 e. The minimum atomic E-state index is -1.01. The van der Waals surface area contributed by atoms with Crippen molar-refractivity contribution in [3.63, 3.8) is 0 Å². The van der Waals surface area contributed by atoms with Crippen LogP contribution in [-0.4, -0.2) is 35.0 Å². The molecule has 6 nitrogen and oxygen atoms in total. The molecule has 0 fully saturated rings. The maximum atomic E-state index is 10.6. The Morgan fingerprint density at radius 1 is 1.03 bits per heavy atom. The van der Waals surface area contributed by atoms with E-state index in [4.69, 9.17) is 14.7 Å². The van der Waals surface area contributed by atoms with Gasteiger partial charge in [-0.1, -0.05) is 53.7 Å². The average molecular weight is 388 g/mol. The Morgan fingerprint density at radius 2 is 1.86 bits per heavy atom. The van der Waals surface area contributed by atoms with Crippen molar-refractivity contribution in [3.05, 3.63) is 102 Å². The lowest BCUT2D eigenvalue weighted by atomic mass is 10.0. The molecule has 0 saturated heterocycles. The van der Waals surface area contributed by atoms with Crippen LogP contribution in [0, 0.1) is 0 Å². The van der Waals surface area contributed by atoms with Gasteiger partial charge in [-0.25, -0.2) is 4.79 Å². The Kier molecular flexibility index (Phi) is 7.12. The van der Waals surface area contributed by atoms with Gasteiger partial charge in [0.15, 0.2) is 6.61 Å². The SMILES string of the molecule is O=C(O)COc1cccc(/C=C/CO/N=C(/c2ccccc2)c2cccnc2)c1. The number of aliphatic carboxylic acids is 1. The number of carboxylic acid groups (broad SMARTS) is 1. The molecular weight excluding hydrogens is 368 g/mol. The normalized spacial score (nSPS) is 11.4. The quantitative estimate of drug-likeness (QED) is 0.340. The maximum Gasteiger partial charge on any atom is 0.341 e. The average Bonchev–Trinajstić information content (AvgIpc) is 2.76. The highest BCUT2D eigenvalue weighted by molar-refractivity contribution is 6.12. The van der Waals surface area contributed by atoms with Gasteiger partial charge in [0.2, 0.25) is 0 Å². The molecule has 2 aromatic carbocycles. The van der Waals surface area contributed by atoms with E-state index in [1.807, 2.05) is 60.7 Å². The number of aromatic nitrogens is 1. The van der Waals surface area contributed by atoms with Crippen molar-refractivity contribution in [1.82, 2.24) is 4.98 Å². The van der Waals surface area contributed by atoms with Crippen LogP contribution in [-0.2, 0) is 9.63 Å². The Morgan fingerprint density at radius 3 is 2.62 bits per heavy atom. The number of nitrogens with zero attached hydrogens (tertiary/aromatic N) is 2. The summed E-state index contributed by atoms with van der Waals surface area (Å²) in [5.41, 5.74) is 3.38. The van der Waals surface area contributed by atoms with Crippen LogP contribution in [0.4, 0.5) is 0 Å². The molecular formula is C23H20N2O4. The van der Waals surface area contributed by atoms with Crippen LogP contribution in [0.15, 0.2) is 90.4 Å². The van der Waals surface area contributed by atoms with E-state index in [9.17, 15) is 4.79 Å². The van der Waals surface area contributed by atoms with E-state index in [1.54, 1.807) is 30.6 Å². The van der Waals surface area contributed by atoms with Crippen LogP contribution in [0.3, 0.4) is 0 Å². The zero-order valence-electron chi connectivity index (χ0n) is 15.6. The van der Waals surface area contributed by atoms with Gasteiger partial charge in [-0.2, -0.15) is 0 Å². The third-order valence-corrected chi connectivity index (χ3v) is 3.84. The Labute approximate surface area is 168 Å². The molecule has 0 saturated carbocycles. The van der Waals surface area contributed by atoms with Gasteiger partial charge >= 0.3 is 5.97 Å². The molecule has 0 amide bonds. The van der Waals surface area contributed by atoms with E-state index >= 15 is 0 Å². The molecule has 3 aromatic rings. The number of benzene rings is 2. The first-order valence-electron chi connectivity index (χ1n) is 8.99. The molecule has 0 radical (unpaired) electrons. The molecule has 29 heavy (non-hydrogen) atoms. The number of rotatable bonds is 9. The zero-order chi connectivity index (χ0) is 20.3. The van der Waals surface area contributed by atoms with E-state index in [0.717, 1.165) is 16.7 Å². The van der Waals surface area contributed by atoms with Crippen molar-refractivity contribution in [3.8, 4) is 5.75 Å². The predicted molar refractivity (Wildman–Crippen MR) is 111 cm³/mol. The largest absolute Gasteiger partial charge is 0.482 e. The lowest BCUT2D eigenvalue weighted by Crippen LogP contribution is -2.09. The van der Waals surface area contributed by atoms with Gasteiger partial charge in [-0.15, -0.1) is 0 Å². The fraction of sp³-hybridized carbons (Fsp3) is 0.0870. The molecule has 1 heterocycles. The Balaban J connectivity index is 1.64. The van der Waals surface area contributed by atoms with E-state index < -0.39 is 5.97 Å². The molecule has 6 heteroatoms. The van der Waals surface area contributed by atoms with E-state index in [1.165, 1.54) is 0 Å². The van der Waals surface area contributed by atoms with Crippen LogP contribution in [0.1, 0.15) is 16.7 Å². The van der Waals surface area contributed by atoms with Crippen molar-refractivity contribution in [2.45, 2.75) is 0 Å². The summed E-state index contributed by atoms with van der Waals surface area (Å²) < 4.78 is 5.17. The van der Waals surface area contributed by atoms with Gasteiger partial charge in [0, 0.05) is 23.5 Å². The van der Waals surface area contributed by atoms with Crippen LogP contribution < -0.4 is 4.74 Å². The molecule has 1 aromatic heterocycles. The number of oxime groups is 1. The summed E-state index contributed by atoms with van der Waals surface area (Å²) in [6.07, 6.45) is 7.14. The summed E-state index contributed by atoms with van der Waals surface area (Å²) >= 11 is 0. The Bertz CT molecular complexity index is 945. The summed E-state index contributed by atoms with van der Waals surface area (Å²) in [6, 6.07) is 20.7. The van der Waals surface area contributed by atoms with Gasteiger partial charge in [-0.05, 0) is 35.9 Å². The highest BCUT2D eigenvalue weighted by Crippen LogP contribution is 2.14. The second-order valence-corrected chi connectivity index (χ2v) is 6.00. The first kappa shape index (κ1) is 19.8. The zero-order valence-corrected chi connectivity index (χ0v) is 15.6. The summed E-state index contributed by atoms with van der Waals surface area (Å²) in [6.45, 7) is -0.0988. The van der Waals surface area contributed by atoms with Crippen LogP contribution in [0.25, 0.3) is 6.08 Å². The smallest absolute Gasteiger partial charge is 0.341 e.